The summed E-state index contributed by atoms with van der Waals surface area (Å²) in [6, 6.07) is 10.8. The molecule has 186 valence electrons. The lowest BCUT2D eigenvalue weighted by Crippen LogP contribution is -2.57. The van der Waals surface area contributed by atoms with Gasteiger partial charge in [-0.25, -0.2) is 13.5 Å². The maximum atomic E-state index is 13.6. The van der Waals surface area contributed by atoms with E-state index in [1.807, 2.05) is 6.07 Å². The molecule has 2 aliphatic heterocycles. The van der Waals surface area contributed by atoms with Crippen LogP contribution in [0, 0.1) is 18.6 Å². The Balaban J connectivity index is 1.27. The Bertz CT molecular complexity index is 1150. The number of aryl methyl sites for hydroxylation is 1. The van der Waals surface area contributed by atoms with Crippen molar-refractivity contribution >= 4 is 17.3 Å². The zero-order valence-corrected chi connectivity index (χ0v) is 20.6. The van der Waals surface area contributed by atoms with Gasteiger partial charge in [-0.05, 0) is 82.7 Å². The van der Waals surface area contributed by atoms with Gasteiger partial charge >= 0.3 is 0 Å². The largest absolute Gasteiger partial charge is 0.369 e. The van der Waals surface area contributed by atoms with E-state index >= 15 is 0 Å². The summed E-state index contributed by atoms with van der Waals surface area (Å²) in [4.78, 5) is 11.8. The summed E-state index contributed by atoms with van der Waals surface area (Å²) in [6.45, 7) is 9.85. The Hall–Kier alpha value is -3.04. The highest BCUT2D eigenvalue weighted by Gasteiger charge is 2.31. The second-order valence-corrected chi connectivity index (χ2v) is 9.89. The van der Waals surface area contributed by atoms with Gasteiger partial charge in [0.05, 0.1) is 5.69 Å². The third-order valence-corrected chi connectivity index (χ3v) is 7.12. The first-order valence-corrected chi connectivity index (χ1v) is 12.3. The van der Waals surface area contributed by atoms with Crippen molar-refractivity contribution in [3.05, 3.63) is 59.9 Å². The number of hydrogen-bond donors (Lipinski definition) is 1. The Morgan fingerprint density at radius 1 is 0.914 bits per heavy atom. The number of rotatable bonds is 5. The van der Waals surface area contributed by atoms with Crippen LogP contribution >= 0.6 is 0 Å². The number of likely N-dealkylation sites (tertiary alicyclic amines) is 1. The van der Waals surface area contributed by atoms with E-state index in [1.54, 1.807) is 0 Å². The van der Waals surface area contributed by atoms with Gasteiger partial charge in [-0.1, -0.05) is 0 Å². The first-order chi connectivity index (χ1) is 16.8. The zero-order chi connectivity index (χ0) is 24.5. The SMILES string of the molecule is Cc1cc(Nc2ncn(-c3cc(F)cc(F)c3)n2)cc(N2CCN(C3CCN(C)CC3)C(C)C2)c1. The van der Waals surface area contributed by atoms with Crippen LogP contribution in [0.4, 0.5) is 26.1 Å². The lowest BCUT2D eigenvalue weighted by Gasteiger charge is -2.46. The second kappa shape index (κ2) is 9.91. The van der Waals surface area contributed by atoms with Crippen LogP contribution in [0.25, 0.3) is 5.69 Å². The molecule has 3 heterocycles. The summed E-state index contributed by atoms with van der Waals surface area (Å²) in [5, 5.41) is 7.59. The van der Waals surface area contributed by atoms with Crippen LogP contribution in [0.3, 0.4) is 0 Å². The van der Waals surface area contributed by atoms with E-state index in [0.29, 0.717) is 18.0 Å². The van der Waals surface area contributed by atoms with Crippen LogP contribution in [0.5, 0.6) is 0 Å². The highest BCUT2D eigenvalue weighted by molar-refractivity contribution is 5.64. The monoisotopic (exact) mass is 481 g/mol. The standard InChI is InChI=1S/C26H33F2N7/c1-18-10-22(30-26-29-17-35(31-26)25-13-20(27)12-21(28)14-25)15-24(11-18)33-8-9-34(19(2)16-33)23-4-6-32(3)7-5-23/h10-15,17,19,23H,4-9,16H2,1-3H3,(H,30,31). The fourth-order valence-electron chi connectivity index (χ4n) is 5.34. The van der Waals surface area contributed by atoms with Crippen molar-refractivity contribution in [2.75, 3.05) is 50.0 Å². The maximum Gasteiger partial charge on any atom is 0.246 e. The summed E-state index contributed by atoms with van der Waals surface area (Å²) in [5.41, 5.74) is 3.48. The van der Waals surface area contributed by atoms with Gasteiger partial charge in [0, 0.05) is 49.2 Å². The zero-order valence-electron chi connectivity index (χ0n) is 20.6. The van der Waals surface area contributed by atoms with Crippen LogP contribution < -0.4 is 10.2 Å². The smallest absolute Gasteiger partial charge is 0.246 e. The molecular formula is C26H33F2N7. The predicted octanol–water partition coefficient (Wildman–Crippen LogP) is 4.20. The molecule has 1 N–H and O–H groups in total. The Labute approximate surface area is 205 Å². The molecule has 1 atom stereocenters. The highest BCUT2D eigenvalue weighted by atomic mass is 19.1. The number of nitrogens with zero attached hydrogens (tertiary/aromatic N) is 6. The summed E-state index contributed by atoms with van der Waals surface area (Å²) in [6.07, 6.45) is 3.94. The fourth-order valence-corrected chi connectivity index (χ4v) is 5.34. The molecule has 0 amide bonds. The van der Waals surface area contributed by atoms with E-state index in [0.717, 1.165) is 37.0 Å². The minimum absolute atomic E-state index is 0.282. The van der Waals surface area contributed by atoms with Crippen LogP contribution in [0.2, 0.25) is 0 Å². The van der Waals surface area contributed by atoms with Gasteiger partial charge in [-0.3, -0.25) is 4.90 Å². The van der Waals surface area contributed by atoms with Gasteiger partial charge in [0.15, 0.2) is 0 Å². The first kappa shape index (κ1) is 23.7. The molecule has 7 nitrogen and oxygen atoms in total. The van der Waals surface area contributed by atoms with Gasteiger partial charge in [-0.2, -0.15) is 4.98 Å². The number of benzene rings is 2. The van der Waals surface area contributed by atoms with Gasteiger partial charge in [0.25, 0.3) is 0 Å². The van der Waals surface area contributed by atoms with Crippen LogP contribution in [-0.4, -0.2) is 76.4 Å². The molecule has 2 aliphatic rings. The van der Waals surface area contributed by atoms with Gasteiger partial charge in [0.1, 0.15) is 18.0 Å². The molecule has 0 radical (unpaired) electrons. The molecular weight excluding hydrogens is 448 g/mol. The Morgan fingerprint density at radius 3 is 2.37 bits per heavy atom. The number of aromatic nitrogens is 3. The predicted molar refractivity (Wildman–Crippen MR) is 135 cm³/mol. The van der Waals surface area contributed by atoms with E-state index < -0.39 is 11.6 Å². The second-order valence-electron chi connectivity index (χ2n) is 9.89. The topological polar surface area (TPSA) is 52.5 Å². The average Bonchev–Trinajstić information content (AvgIpc) is 3.27. The van der Waals surface area contributed by atoms with Crippen molar-refractivity contribution in [1.29, 1.82) is 0 Å². The highest BCUT2D eigenvalue weighted by Crippen LogP contribution is 2.28. The minimum Gasteiger partial charge on any atom is -0.369 e. The summed E-state index contributed by atoms with van der Waals surface area (Å²) >= 11 is 0. The van der Waals surface area contributed by atoms with Crippen LogP contribution in [0.15, 0.2) is 42.7 Å². The molecule has 2 saturated heterocycles. The number of hydrogen-bond acceptors (Lipinski definition) is 6. The van der Waals surface area contributed by atoms with Gasteiger partial charge in [0.2, 0.25) is 5.95 Å². The van der Waals surface area contributed by atoms with E-state index in [-0.39, 0.29) is 5.69 Å². The molecule has 1 aromatic heterocycles. The Morgan fingerprint density at radius 2 is 1.66 bits per heavy atom. The van der Waals surface area contributed by atoms with Crippen molar-refractivity contribution in [2.24, 2.45) is 0 Å². The van der Waals surface area contributed by atoms with Gasteiger partial charge in [-0.15, -0.1) is 5.10 Å². The molecule has 5 rings (SSSR count). The van der Waals surface area contributed by atoms with Crippen molar-refractivity contribution in [2.45, 2.75) is 38.8 Å². The van der Waals surface area contributed by atoms with Crippen molar-refractivity contribution in [3.8, 4) is 5.69 Å². The number of anilines is 3. The molecule has 35 heavy (non-hydrogen) atoms. The summed E-state index contributed by atoms with van der Waals surface area (Å²) in [5.74, 6) is -0.941. The molecule has 0 aliphatic carbocycles. The normalized spacial score (nSPS) is 20.4. The number of nitrogens with one attached hydrogen (secondary N) is 1. The van der Waals surface area contributed by atoms with E-state index in [1.165, 1.54) is 54.8 Å². The fraction of sp³-hybridized carbons (Fsp3) is 0.462. The van der Waals surface area contributed by atoms with E-state index in [2.05, 4.69) is 63.1 Å². The van der Waals surface area contributed by atoms with Crippen molar-refractivity contribution in [1.82, 2.24) is 24.6 Å². The quantitative estimate of drug-likeness (QED) is 0.590. The average molecular weight is 482 g/mol. The lowest BCUT2D eigenvalue weighted by molar-refractivity contribution is 0.0793. The summed E-state index contributed by atoms with van der Waals surface area (Å²) < 4.78 is 28.5. The first-order valence-electron chi connectivity index (χ1n) is 12.3. The molecule has 2 fully saturated rings. The molecule has 0 spiro atoms. The third kappa shape index (κ3) is 5.46. The minimum atomic E-state index is -0.654. The van der Waals surface area contributed by atoms with Gasteiger partial charge < -0.3 is 15.1 Å². The molecule has 9 heteroatoms. The lowest BCUT2D eigenvalue weighted by atomic mass is 10.00. The van der Waals surface area contributed by atoms with Crippen LogP contribution in [-0.2, 0) is 0 Å². The molecule has 2 aromatic carbocycles. The molecule has 3 aromatic rings. The van der Waals surface area contributed by atoms with Crippen molar-refractivity contribution < 1.29 is 8.78 Å². The van der Waals surface area contributed by atoms with Crippen molar-refractivity contribution in [3.63, 3.8) is 0 Å². The molecule has 0 saturated carbocycles. The Kier molecular flexibility index (Phi) is 6.71. The number of halogens is 2. The summed E-state index contributed by atoms with van der Waals surface area (Å²) in [7, 11) is 2.21. The third-order valence-electron chi connectivity index (χ3n) is 7.12. The molecule has 1 unspecified atom stereocenters. The number of piperidine rings is 1. The maximum absolute atomic E-state index is 13.6. The molecule has 0 bridgehead atoms. The van der Waals surface area contributed by atoms with E-state index in [4.69, 9.17) is 0 Å². The van der Waals surface area contributed by atoms with E-state index in [9.17, 15) is 8.78 Å². The number of piperazine rings is 1. The van der Waals surface area contributed by atoms with Crippen LogP contribution in [0.1, 0.15) is 25.3 Å².